The number of rotatable bonds is 1. The highest BCUT2D eigenvalue weighted by atomic mass is 32.2. The largest absolute Gasteiger partial charge is 0.224 e. The zero-order chi connectivity index (χ0) is 8.48. The molecule has 0 aromatic heterocycles. The minimum Gasteiger partial charge on any atom is -0.224 e. The summed E-state index contributed by atoms with van der Waals surface area (Å²) < 4.78 is 22.1. The Morgan fingerprint density at radius 3 is 2.45 bits per heavy atom. The maximum atomic E-state index is 11.0. The molecule has 1 aromatic carbocycles. The fourth-order valence-electron chi connectivity index (χ4n) is 0.906. The summed E-state index contributed by atoms with van der Waals surface area (Å²) in [5.74, 6) is 0. The third-order valence-corrected chi connectivity index (χ3v) is 2.65. The second kappa shape index (κ2) is 2.66. The first kappa shape index (κ1) is 8.27. The Morgan fingerprint density at radius 2 is 2.09 bits per heavy atom. The van der Waals surface area contributed by atoms with Crippen LogP contribution in [0, 0.1) is 13.0 Å². The molecule has 0 atom stereocenters. The Morgan fingerprint density at radius 1 is 1.45 bits per heavy atom. The molecule has 3 heteroatoms. The summed E-state index contributed by atoms with van der Waals surface area (Å²) in [6.07, 6.45) is 1.20. The van der Waals surface area contributed by atoms with Gasteiger partial charge in [-0.3, -0.25) is 0 Å². The van der Waals surface area contributed by atoms with Gasteiger partial charge in [0.15, 0.2) is 9.84 Å². The van der Waals surface area contributed by atoms with Gasteiger partial charge in [-0.15, -0.1) is 0 Å². The molecule has 0 aliphatic heterocycles. The van der Waals surface area contributed by atoms with Crippen molar-refractivity contribution in [2.75, 3.05) is 6.26 Å². The molecule has 0 saturated heterocycles. The Balaban J connectivity index is 3.37. The van der Waals surface area contributed by atoms with Gasteiger partial charge < -0.3 is 0 Å². The lowest BCUT2D eigenvalue weighted by Crippen LogP contribution is -1.98. The Hall–Kier alpha value is -0.830. The lowest BCUT2D eigenvalue weighted by molar-refractivity contribution is 0.601. The van der Waals surface area contributed by atoms with Crippen LogP contribution in [0.1, 0.15) is 5.56 Å². The van der Waals surface area contributed by atoms with Crippen LogP contribution in [0.3, 0.4) is 0 Å². The number of benzene rings is 1. The molecule has 0 amide bonds. The highest BCUT2D eigenvalue weighted by molar-refractivity contribution is 7.90. The first-order valence-corrected chi connectivity index (χ1v) is 5.08. The fourth-order valence-corrected chi connectivity index (χ4v) is 1.85. The van der Waals surface area contributed by atoms with Gasteiger partial charge in [0.25, 0.3) is 0 Å². The molecule has 59 valence electrons. The lowest BCUT2D eigenvalue weighted by Gasteiger charge is -1.99. The molecule has 0 aliphatic rings. The van der Waals surface area contributed by atoms with Crippen molar-refractivity contribution < 1.29 is 8.42 Å². The summed E-state index contributed by atoms with van der Waals surface area (Å²) in [5, 5.41) is 0. The van der Waals surface area contributed by atoms with Crippen LogP contribution < -0.4 is 0 Å². The minimum absolute atomic E-state index is 0.361. The van der Waals surface area contributed by atoms with Crippen molar-refractivity contribution in [2.45, 2.75) is 11.8 Å². The standard InChI is InChI=1S/C8H9O2S/c1-7-5-3-4-6-8(7)11(2,9)10/h3-4,6H,1-2H3. The van der Waals surface area contributed by atoms with Gasteiger partial charge in [-0.25, -0.2) is 8.42 Å². The lowest BCUT2D eigenvalue weighted by atomic mass is 10.2. The summed E-state index contributed by atoms with van der Waals surface area (Å²) in [7, 11) is -3.06. The van der Waals surface area contributed by atoms with E-state index in [9.17, 15) is 8.42 Å². The number of aryl methyl sites for hydroxylation is 1. The van der Waals surface area contributed by atoms with Gasteiger partial charge in [0.1, 0.15) is 0 Å². The molecule has 0 N–H and O–H groups in total. The molecule has 0 fully saturated rings. The highest BCUT2D eigenvalue weighted by Crippen LogP contribution is 2.12. The SMILES string of the molecule is Cc1[c]cccc1S(C)(=O)=O. The van der Waals surface area contributed by atoms with Gasteiger partial charge in [0, 0.05) is 6.26 Å². The summed E-state index contributed by atoms with van der Waals surface area (Å²) in [6.45, 7) is 1.73. The molecular weight excluding hydrogens is 160 g/mol. The van der Waals surface area contributed by atoms with Crippen LogP contribution in [0.4, 0.5) is 0 Å². The minimum atomic E-state index is -3.06. The van der Waals surface area contributed by atoms with Crippen LogP contribution in [0.5, 0.6) is 0 Å². The van der Waals surface area contributed by atoms with Crippen molar-refractivity contribution >= 4 is 9.84 Å². The van der Waals surface area contributed by atoms with Crippen molar-refractivity contribution in [3.63, 3.8) is 0 Å². The Bertz CT molecular complexity index is 352. The van der Waals surface area contributed by atoms with E-state index in [0.29, 0.717) is 10.5 Å². The summed E-state index contributed by atoms with van der Waals surface area (Å²) in [5.41, 5.74) is 0.676. The molecule has 11 heavy (non-hydrogen) atoms. The van der Waals surface area contributed by atoms with E-state index in [-0.39, 0.29) is 0 Å². The molecular formula is C8H9O2S. The van der Waals surface area contributed by atoms with Crippen LogP contribution in [-0.2, 0) is 9.84 Å². The van der Waals surface area contributed by atoms with E-state index in [2.05, 4.69) is 6.07 Å². The van der Waals surface area contributed by atoms with Crippen LogP contribution >= 0.6 is 0 Å². The van der Waals surface area contributed by atoms with Crippen molar-refractivity contribution in [3.8, 4) is 0 Å². The molecule has 0 saturated carbocycles. The van der Waals surface area contributed by atoms with E-state index >= 15 is 0 Å². The van der Waals surface area contributed by atoms with Gasteiger partial charge >= 0.3 is 0 Å². The topological polar surface area (TPSA) is 34.1 Å². The first-order chi connectivity index (χ1) is 5.02. The smallest absolute Gasteiger partial charge is 0.175 e. The van der Waals surface area contributed by atoms with Gasteiger partial charge in [-0.05, 0) is 24.6 Å². The van der Waals surface area contributed by atoms with Crippen molar-refractivity contribution in [3.05, 3.63) is 29.8 Å². The predicted octanol–water partition coefficient (Wildman–Crippen LogP) is 1.20. The Labute approximate surface area is 66.8 Å². The van der Waals surface area contributed by atoms with E-state index < -0.39 is 9.84 Å². The van der Waals surface area contributed by atoms with E-state index in [1.807, 2.05) is 0 Å². The zero-order valence-corrected chi connectivity index (χ0v) is 7.27. The van der Waals surface area contributed by atoms with E-state index in [1.54, 1.807) is 25.1 Å². The monoisotopic (exact) mass is 169 g/mol. The molecule has 2 nitrogen and oxygen atoms in total. The number of hydrogen-bond donors (Lipinski definition) is 0. The average Bonchev–Trinajstić information content (AvgIpc) is 1.86. The van der Waals surface area contributed by atoms with Gasteiger partial charge in [0.2, 0.25) is 0 Å². The number of hydrogen-bond acceptors (Lipinski definition) is 2. The predicted molar refractivity (Wildman–Crippen MR) is 43.1 cm³/mol. The Kier molecular flexibility index (Phi) is 2.00. The van der Waals surface area contributed by atoms with Crippen LogP contribution in [-0.4, -0.2) is 14.7 Å². The zero-order valence-electron chi connectivity index (χ0n) is 6.46. The van der Waals surface area contributed by atoms with Crippen LogP contribution in [0.2, 0.25) is 0 Å². The van der Waals surface area contributed by atoms with Crippen molar-refractivity contribution in [1.82, 2.24) is 0 Å². The van der Waals surface area contributed by atoms with Crippen LogP contribution in [0.15, 0.2) is 23.1 Å². The molecule has 0 aliphatic carbocycles. The summed E-state index contributed by atoms with van der Waals surface area (Å²) in [6, 6.07) is 7.78. The quantitative estimate of drug-likeness (QED) is 0.633. The third kappa shape index (κ3) is 1.80. The average molecular weight is 169 g/mol. The van der Waals surface area contributed by atoms with Gasteiger partial charge in [-0.2, -0.15) is 0 Å². The molecule has 1 radical (unpaired) electrons. The van der Waals surface area contributed by atoms with Gasteiger partial charge in [-0.1, -0.05) is 12.1 Å². The van der Waals surface area contributed by atoms with Crippen molar-refractivity contribution in [1.29, 1.82) is 0 Å². The molecule has 0 heterocycles. The molecule has 0 bridgehead atoms. The van der Waals surface area contributed by atoms with E-state index in [1.165, 1.54) is 6.26 Å². The first-order valence-electron chi connectivity index (χ1n) is 3.19. The second-order valence-electron chi connectivity index (χ2n) is 2.43. The fraction of sp³-hybridized carbons (Fsp3) is 0.250. The van der Waals surface area contributed by atoms with Crippen molar-refractivity contribution in [2.24, 2.45) is 0 Å². The summed E-state index contributed by atoms with van der Waals surface area (Å²) in [4.78, 5) is 0.361. The maximum absolute atomic E-state index is 11.0. The summed E-state index contributed by atoms with van der Waals surface area (Å²) >= 11 is 0. The third-order valence-electron chi connectivity index (χ3n) is 1.41. The molecule has 0 unspecified atom stereocenters. The maximum Gasteiger partial charge on any atom is 0.175 e. The molecule has 0 spiro atoms. The normalized spacial score (nSPS) is 11.5. The van der Waals surface area contributed by atoms with Gasteiger partial charge in [0.05, 0.1) is 4.90 Å². The molecule has 1 aromatic rings. The second-order valence-corrected chi connectivity index (χ2v) is 4.42. The van der Waals surface area contributed by atoms with E-state index in [0.717, 1.165) is 0 Å². The molecule has 1 rings (SSSR count). The van der Waals surface area contributed by atoms with E-state index in [4.69, 9.17) is 0 Å². The highest BCUT2D eigenvalue weighted by Gasteiger charge is 2.08. The van der Waals surface area contributed by atoms with Crippen LogP contribution in [0.25, 0.3) is 0 Å². The number of sulfone groups is 1.